The van der Waals surface area contributed by atoms with E-state index in [1.807, 2.05) is 29.5 Å². The standard InChI is InChI=1S/C6H10F3I/c1-2-3-5(10)4-6(7,8)9/h5H,2-4H2,1H3/t5-/m1/s1. The summed E-state index contributed by atoms with van der Waals surface area (Å²) in [7, 11) is 0. The summed E-state index contributed by atoms with van der Waals surface area (Å²) < 4.78 is 34.6. The molecule has 0 aliphatic heterocycles. The Balaban J connectivity index is 3.47. The van der Waals surface area contributed by atoms with Crippen molar-refractivity contribution in [2.24, 2.45) is 0 Å². The molecule has 0 bridgehead atoms. The lowest BCUT2D eigenvalue weighted by Gasteiger charge is -2.10. The normalized spacial score (nSPS) is 15.3. The summed E-state index contributed by atoms with van der Waals surface area (Å²) in [6.45, 7) is 1.89. The van der Waals surface area contributed by atoms with Crippen molar-refractivity contribution in [3.05, 3.63) is 0 Å². The second-order valence-electron chi connectivity index (χ2n) is 2.21. The van der Waals surface area contributed by atoms with Gasteiger partial charge in [-0.1, -0.05) is 35.9 Å². The summed E-state index contributed by atoms with van der Waals surface area (Å²) >= 11 is 1.85. The SMILES string of the molecule is CCC[C@@H](I)CC(F)(F)F. The number of hydrogen-bond donors (Lipinski definition) is 0. The lowest BCUT2D eigenvalue weighted by molar-refractivity contribution is -0.133. The third-order valence-corrected chi connectivity index (χ3v) is 2.12. The molecule has 0 saturated carbocycles. The van der Waals surface area contributed by atoms with Gasteiger partial charge >= 0.3 is 6.18 Å². The number of alkyl halides is 4. The lowest BCUT2D eigenvalue weighted by Crippen LogP contribution is -2.14. The van der Waals surface area contributed by atoms with Crippen LogP contribution < -0.4 is 0 Å². The first-order valence-corrected chi connectivity index (χ1v) is 4.41. The van der Waals surface area contributed by atoms with Crippen LogP contribution in [0.15, 0.2) is 0 Å². The topological polar surface area (TPSA) is 0 Å². The van der Waals surface area contributed by atoms with E-state index in [-0.39, 0.29) is 3.92 Å². The molecule has 0 unspecified atom stereocenters. The summed E-state index contributed by atoms with van der Waals surface area (Å²) in [6, 6.07) is 0. The fraction of sp³-hybridized carbons (Fsp3) is 1.00. The highest BCUT2D eigenvalue weighted by Crippen LogP contribution is 2.27. The molecule has 0 spiro atoms. The second kappa shape index (κ2) is 4.41. The maximum atomic E-state index is 11.6. The van der Waals surface area contributed by atoms with Gasteiger partial charge in [-0.25, -0.2) is 0 Å². The van der Waals surface area contributed by atoms with E-state index in [4.69, 9.17) is 0 Å². The highest BCUT2D eigenvalue weighted by atomic mass is 127. The first kappa shape index (κ1) is 10.5. The average molecular weight is 266 g/mol. The highest BCUT2D eigenvalue weighted by molar-refractivity contribution is 14.1. The molecule has 62 valence electrons. The van der Waals surface area contributed by atoms with Gasteiger partial charge in [0.15, 0.2) is 0 Å². The first-order valence-electron chi connectivity index (χ1n) is 3.16. The van der Waals surface area contributed by atoms with Gasteiger partial charge in [0, 0.05) is 3.92 Å². The van der Waals surface area contributed by atoms with Crippen LogP contribution in [-0.4, -0.2) is 10.1 Å². The molecular formula is C6H10F3I. The van der Waals surface area contributed by atoms with E-state index in [1.165, 1.54) is 0 Å². The zero-order chi connectivity index (χ0) is 8.20. The van der Waals surface area contributed by atoms with E-state index < -0.39 is 12.6 Å². The van der Waals surface area contributed by atoms with Crippen molar-refractivity contribution >= 4 is 22.6 Å². The van der Waals surface area contributed by atoms with Crippen molar-refractivity contribution < 1.29 is 13.2 Å². The zero-order valence-corrected chi connectivity index (χ0v) is 7.87. The fourth-order valence-corrected chi connectivity index (χ4v) is 1.79. The van der Waals surface area contributed by atoms with Gasteiger partial charge in [0.05, 0.1) is 6.42 Å². The van der Waals surface area contributed by atoms with Crippen LogP contribution in [0.2, 0.25) is 0 Å². The summed E-state index contributed by atoms with van der Waals surface area (Å²) in [5, 5.41) is 0. The molecule has 0 radical (unpaired) electrons. The highest BCUT2D eigenvalue weighted by Gasteiger charge is 2.29. The molecule has 10 heavy (non-hydrogen) atoms. The van der Waals surface area contributed by atoms with Crippen LogP contribution >= 0.6 is 22.6 Å². The van der Waals surface area contributed by atoms with Crippen molar-refractivity contribution in [1.29, 1.82) is 0 Å². The zero-order valence-electron chi connectivity index (χ0n) is 5.71. The molecule has 0 aromatic rings. The third kappa shape index (κ3) is 6.64. The van der Waals surface area contributed by atoms with Crippen molar-refractivity contribution in [2.75, 3.05) is 0 Å². The lowest BCUT2D eigenvalue weighted by atomic mass is 10.2. The Morgan fingerprint density at radius 2 is 1.90 bits per heavy atom. The van der Waals surface area contributed by atoms with E-state index >= 15 is 0 Å². The Morgan fingerprint density at radius 1 is 1.40 bits per heavy atom. The van der Waals surface area contributed by atoms with Gasteiger partial charge in [-0.15, -0.1) is 0 Å². The van der Waals surface area contributed by atoms with E-state index in [2.05, 4.69) is 0 Å². The monoisotopic (exact) mass is 266 g/mol. The van der Waals surface area contributed by atoms with Crippen LogP contribution in [0.25, 0.3) is 0 Å². The van der Waals surface area contributed by atoms with Gasteiger partial charge in [0.25, 0.3) is 0 Å². The molecule has 0 nitrogen and oxygen atoms in total. The summed E-state index contributed by atoms with van der Waals surface area (Å²) in [5.41, 5.74) is 0. The van der Waals surface area contributed by atoms with Crippen LogP contribution in [0.3, 0.4) is 0 Å². The smallest absolute Gasteiger partial charge is 0.171 e. The molecule has 4 heteroatoms. The van der Waals surface area contributed by atoms with Crippen LogP contribution in [0.4, 0.5) is 13.2 Å². The second-order valence-corrected chi connectivity index (χ2v) is 3.97. The Morgan fingerprint density at radius 3 is 2.20 bits per heavy atom. The van der Waals surface area contributed by atoms with Crippen LogP contribution in [0.1, 0.15) is 26.2 Å². The molecule has 0 rings (SSSR count). The van der Waals surface area contributed by atoms with Gasteiger partial charge in [-0.3, -0.25) is 0 Å². The Hall–Kier alpha value is 0.520. The predicted octanol–water partition coefficient (Wildman–Crippen LogP) is 3.54. The minimum absolute atomic E-state index is 0.248. The number of hydrogen-bond acceptors (Lipinski definition) is 0. The minimum atomic E-state index is -3.99. The fourth-order valence-electron chi connectivity index (χ4n) is 0.666. The van der Waals surface area contributed by atoms with Crippen LogP contribution in [0, 0.1) is 0 Å². The van der Waals surface area contributed by atoms with Gasteiger partial charge in [-0.05, 0) is 6.42 Å². The molecular weight excluding hydrogens is 256 g/mol. The summed E-state index contributed by atoms with van der Waals surface area (Å²) in [5.74, 6) is 0. The molecule has 0 heterocycles. The summed E-state index contributed by atoms with van der Waals surface area (Å²) in [6.07, 6.45) is -3.16. The number of rotatable bonds is 3. The molecule has 0 aliphatic carbocycles. The largest absolute Gasteiger partial charge is 0.390 e. The molecule has 0 aliphatic rings. The van der Waals surface area contributed by atoms with E-state index in [1.54, 1.807) is 0 Å². The first-order chi connectivity index (χ1) is 4.45. The Kier molecular flexibility index (Phi) is 4.64. The minimum Gasteiger partial charge on any atom is -0.171 e. The molecule has 1 atom stereocenters. The maximum Gasteiger partial charge on any atom is 0.390 e. The average Bonchev–Trinajstić information content (AvgIpc) is 1.59. The molecule has 0 N–H and O–H groups in total. The van der Waals surface area contributed by atoms with Crippen molar-refractivity contribution in [1.82, 2.24) is 0 Å². The number of halogens is 4. The van der Waals surface area contributed by atoms with Gasteiger partial charge in [0.2, 0.25) is 0 Å². The van der Waals surface area contributed by atoms with Crippen molar-refractivity contribution in [3.63, 3.8) is 0 Å². The molecule has 0 fully saturated rings. The molecule has 0 amide bonds. The van der Waals surface area contributed by atoms with Crippen molar-refractivity contribution in [3.8, 4) is 0 Å². The Bertz CT molecular complexity index is 89.5. The van der Waals surface area contributed by atoms with E-state index in [9.17, 15) is 13.2 Å². The molecule has 0 saturated heterocycles. The van der Waals surface area contributed by atoms with E-state index in [0.29, 0.717) is 6.42 Å². The summed E-state index contributed by atoms with van der Waals surface area (Å²) in [4.78, 5) is 0. The van der Waals surface area contributed by atoms with Gasteiger partial charge < -0.3 is 0 Å². The quantitative estimate of drug-likeness (QED) is 0.541. The van der Waals surface area contributed by atoms with Crippen LogP contribution in [0.5, 0.6) is 0 Å². The molecule has 0 aromatic carbocycles. The predicted molar refractivity (Wildman–Crippen MR) is 43.4 cm³/mol. The third-order valence-electron chi connectivity index (χ3n) is 1.05. The van der Waals surface area contributed by atoms with E-state index in [0.717, 1.165) is 6.42 Å². The molecule has 0 aromatic heterocycles. The van der Waals surface area contributed by atoms with Crippen LogP contribution in [-0.2, 0) is 0 Å². The van der Waals surface area contributed by atoms with Gasteiger partial charge in [-0.2, -0.15) is 13.2 Å². The maximum absolute atomic E-state index is 11.6. The van der Waals surface area contributed by atoms with Crippen molar-refractivity contribution in [2.45, 2.75) is 36.3 Å². The van der Waals surface area contributed by atoms with Gasteiger partial charge in [0.1, 0.15) is 0 Å². The Labute approximate surface area is 72.3 Å².